The maximum Gasteiger partial charge on any atom is 0.346 e. The van der Waals surface area contributed by atoms with E-state index in [-0.39, 0.29) is 36.1 Å². The zero-order valence-electron chi connectivity index (χ0n) is 15.7. The Hall–Kier alpha value is -3.42. The van der Waals surface area contributed by atoms with Crippen molar-refractivity contribution in [2.45, 2.75) is 26.9 Å². The number of Topliss-reactive ketones (excluding diaryl/α,β-unsaturated/α-hetero) is 1. The molecule has 0 N–H and O–H groups in total. The number of rotatable bonds is 5. The average molecular weight is 385 g/mol. The molecule has 1 aliphatic heterocycles. The molecule has 1 atom stereocenters. The summed E-state index contributed by atoms with van der Waals surface area (Å²) < 4.78 is 15.9. The van der Waals surface area contributed by atoms with E-state index in [9.17, 15) is 19.7 Å². The number of esters is 1. The highest BCUT2D eigenvalue weighted by Gasteiger charge is 2.30. The third kappa shape index (κ3) is 3.80. The van der Waals surface area contributed by atoms with E-state index in [0.717, 1.165) is 17.2 Å². The third-order valence-electron chi connectivity index (χ3n) is 4.39. The SMILES string of the molecule is Cc1ccc(C)c(C(=O)[C@@H](C)OC(=O)c2cc3c(cc2[N+](=O)[O-])OCCO3)c1. The molecule has 0 fully saturated rings. The minimum Gasteiger partial charge on any atom is -0.486 e. The van der Waals surface area contributed by atoms with Crippen LogP contribution in [0.4, 0.5) is 5.69 Å². The molecule has 0 saturated carbocycles. The number of hydrogen-bond acceptors (Lipinski definition) is 7. The topological polar surface area (TPSA) is 105 Å². The maximum atomic E-state index is 12.7. The monoisotopic (exact) mass is 385 g/mol. The van der Waals surface area contributed by atoms with Crippen molar-refractivity contribution >= 4 is 17.4 Å². The van der Waals surface area contributed by atoms with Gasteiger partial charge >= 0.3 is 5.97 Å². The molecule has 1 aliphatic rings. The number of aryl methyl sites for hydroxylation is 2. The van der Waals surface area contributed by atoms with Gasteiger partial charge in [0.05, 0.1) is 11.0 Å². The lowest BCUT2D eigenvalue weighted by molar-refractivity contribution is -0.385. The van der Waals surface area contributed by atoms with Crippen molar-refractivity contribution in [2.75, 3.05) is 13.2 Å². The molecular weight excluding hydrogens is 366 g/mol. The number of carbonyl (C=O) groups is 2. The van der Waals surface area contributed by atoms with Crippen molar-refractivity contribution in [3.63, 3.8) is 0 Å². The van der Waals surface area contributed by atoms with Gasteiger partial charge in [-0.15, -0.1) is 0 Å². The molecule has 8 heteroatoms. The van der Waals surface area contributed by atoms with E-state index in [0.29, 0.717) is 5.56 Å². The van der Waals surface area contributed by atoms with Crippen LogP contribution in [0.25, 0.3) is 0 Å². The van der Waals surface area contributed by atoms with Gasteiger partial charge in [0.15, 0.2) is 17.6 Å². The molecule has 0 aromatic heterocycles. The zero-order chi connectivity index (χ0) is 20.4. The van der Waals surface area contributed by atoms with Crippen molar-refractivity contribution in [1.29, 1.82) is 0 Å². The summed E-state index contributed by atoms with van der Waals surface area (Å²) in [5, 5.41) is 11.4. The molecule has 8 nitrogen and oxygen atoms in total. The predicted octanol–water partition coefficient (Wildman–Crippen LogP) is 3.41. The molecular formula is C20H19NO7. The maximum absolute atomic E-state index is 12.7. The fourth-order valence-corrected chi connectivity index (χ4v) is 2.89. The third-order valence-corrected chi connectivity index (χ3v) is 4.39. The van der Waals surface area contributed by atoms with Gasteiger partial charge in [-0.2, -0.15) is 0 Å². The predicted molar refractivity (Wildman–Crippen MR) is 99.2 cm³/mol. The number of nitro groups is 1. The Morgan fingerprint density at radius 1 is 1.07 bits per heavy atom. The Labute approximate surface area is 161 Å². The van der Waals surface area contributed by atoms with Crippen LogP contribution in [0.1, 0.15) is 38.8 Å². The van der Waals surface area contributed by atoms with Crippen molar-refractivity contribution in [1.82, 2.24) is 0 Å². The van der Waals surface area contributed by atoms with Crippen molar-refractivity contribution < 1.29 is 28.7 Å². The lowest BCUT2D eigenvalue weighted by Crippen LogP contribution is -2.26. The number of fused-ring (bicyclic) bond motifs is 1. The number of ketones is 1. The van der Waals surface area contributed by atoms with Crippen LogP contribution in [0, 0.1) is 24.0 Å². The van der Waals surface area contributed by atoms with Crippen LogP contribution < -0.4 is 9.47 Å². The first-order chi connectivity index (χ1) is 13.3. The standard InChI is InChI=1S/C20H19NO7/c1-11-4-5-12(2)14(8-11)19(22)13(3)28-20(23)15-9-17-18(27-7-6-26-17)10-16(15)21(24)25/h4-5,8-10,13H,6-7H2,1-3H3/t13-/m1/s1. The lowest BCUT2D eigenvalue weighted by atomic mass is 9.99. The second-order valence-corrected chi connectivity index (χ2v) is 6.50. The van der Waals surface area contributed by atoms with Crippen LogP contribution in [-0.2, 0) is 4.74 Å². The first kappa shape index (κ1) is 19.3. The first-order valence-corrected chi connectivity index (χ1v) is 8.68. The van der Waals surface area contributed by atoms with Crippen LogP contribution in [0.3, 0.4) is 0 Å². The molecule has 2 aromatic rings. The minimum absolute atomic E-state index is 0.189. The molecule has 146 valence electrons. The number of ether oxygens (including phenoxy) is 3. The van der Waals surface area contributed by atoms with Crippen LogP contribution >= 0.6 is 0 Å². The van der Waals surface area contributed by atoms with E-state index in [1.807, 2.05) is 19.1 Å². The van der Waals surface area contributed by atoms with Gasteiger partial charge in [-0.05, 0) is 32.4 Å². The molecule has 0 bridgehead atoms. The van der Waals surface area contributed by atoms with E-state index in [1.165, 1.54) is 13.0 Å². The quantitative estimate of drug-likeness (QED) is 0.336. The highest BCUT2D eigenvalue weighted by molar-refractivity contribution is 6.03. The fraction of sp³-hybridized carbons (Fsp3) is 0.300. The molecule has 0 aliphatic carbocycles. The average Bonchev–Trinajstić information content (AvgIpc) is 2.68. The van der Waals surface area contributed by atoms with Gasteiger partial charge in [0.2, 0.25) is 5.78 Å². The summed E-state index contributed by atoms with van der Waals surface area (Å²) in [7, 11) is 0. The van der Waals surface area contributed by atoms with Gasteiger partial charge in [-0.3, -0.25) is 14.9 Å². The zero-order valence-corrected chi connectivity index (χ0v) is 15.7. The van der Waals surface area contributed by atoms with Crippen LogP contribution in [0.5, 0.6) is 11.5 Å². The van der Waals surface area contributed by atoms with E-state index < -0.39 is 22.7 Å². The Balaban J connectivity index is 1.87. The highest BCUT2D eigenvalue weighted by atomic mass is 16.6. The summed E-state index contributed by atoms with van der Waals surface area (Å²) >= 11 is 0. The molecule has 0 radical (unpaired) electrons. The summed E-state index contributed by atoms with van der Waals surface area (Å²) in [5.41, 5.74) is 1.33. The van der Waals surface area contributed by atoms with Crippen LogP contribution in [0.15, 0.2) is 30.3 Å². The van der Waals surface area contributed by atoms with E-state index in [1.54, 1.807) is 13.0 Å². The highest BCUT2D eigenvalue weighted by Crippen LogP contribution is 2.37. The molecule has 2 aromatic carbocycles. The van der Waals surface area contributed by atoms with Gasteiger partial charge in [0.25, 0.3) is 5.69 Å². The van der Waals surface area contributed by atoms with Crippen LogP contribution in [-0.4, -0.2) is 36.0 Å². The van der Waals surface area contributed by atoms with Crippen LogP contribution in [0.2, 0.25) is 0 Å². The number of nitrogens with zero attached hydrogens (tertiary/aromatic N) is 1. The van der Waals surface area contributed by atoms with Gasteiger partial charge in [-0.25, -0.2) is 4.79 Å². The van der Waals surface area contributed by atoms with Gasteiger partial charge in [0.1, 0.15) is 18.8 Å². The van der Waals surface area contributed by atoms with Gasteiger partial charge in [-0.1, -0.05) is 17.7 Å². The number of benzene rings is 2. The van der Waals surface area contributed by atoms with E-state index >= 15 is 0 Å². The molecule has 0 amide bonds. The Kier molecular flexibility index (Phi) is 5.30. The van der Waals surface area contributed by atoms with E-state index in [4.69, 9.17) is 14.2 Å². The molecule has 28 heavy (non-hydrogen) atoms. The summed E-state index contributed by atoms with van der Waals surface area (Å²) in [6, 6.07) is 7.74. The molecule has 0 spiro atoms. The summed E-state index contributed by atoms with van der Waals surface area (Å²) in [4.78, 5) is 35.9. The summed E-state index contributed by atoms with van der Waals surface area (Å²) in [5.74, 6) is -0.948. The largest absolute Gasteiger partial charge is 0.486 e. The normalized spacial score (nSPS) is 13.5. The second-order valence-electron chi connectivity index (χ2n) is 6.50. The minimum atomic E-state index is -1.11. The van der Waals surface area contributed by atoms with Crippen molar-refractivity contribution in [3.8, 4) is 11.5 Å². The second kappa shape index (κ2) is 7.67. The number of hydrogen-bond donors (Lipinski definition) is 0. The van der Waals surface area contributed by atoms with Gasteiger partial charge in [0, 0.05) is 11.6 Å². The van der Waals surface area contributed by atoms with Crippen molar-refractivity contribution in [2.24, 2.45) is 0 Å². The van der Waals surface area contributed by atoms with E-state index in [2.05, 4.69) is 0 Å². The Bertz CT molecular complexity index is 967. The summed E-state index contributed by atoms with van der Waals surface area (Å²) in [6.07, 6.45) is -1.11. The first-order valence-electron chi connectivity index (χ1n) is 8.68. The fourth-order valence-electron chi connectivity index (χ4n) is 2.89. The number of carbonyl (C=O) groups excluding carboxylic acids is 2. The smallest absolute Gasteiger partial charge is 0.346 e. The molecule has 0 unspecified atom stereocenters. The number of nitro benzene ring substituents is 1. The van der Waals surface area contributed by atoms with Crippen molar-refractivity contribution in [3.05, 3.63) is 62.7 Å². The molecule has 0 saturated heterocycles. The lowest BCUT2D eigenvalue weighted by Gasteiger charge is -2.19. The molecule has 3 rings (SSSR count). The Morgan fingerprint density at radius 3 is 2.36 bits per heavy atom. The summed E-state index contributed by atoms with van der Waals surface area (Å²) in [6.45, 7) is 5.60. The van der Waals surface area contributed by atoms with Gasteiger partial charge < -0.3 is 14.2 Å². The Morgan fingerprint density at radius 2 is 1.71 bits per heavy atom. The molecule has 1 heterocycles.